The molecule has 3 rings (SSSR count). The minimum atomic E-state index is -0.183. The Bertz CT molecular complexity index is 796. The summed E-state index contributed by atoms with van der Waals surface area (Å²) in [5, 5.41) is 3.85. The van der Waals surface area contributed by atoms with Gasteiger partial charge in [-0.1, -0.05) is 36.4 Å². The van der Waals surface area contributed by atoms with Crippen LogP contribution in [0.2, 0.25) is 0 Å². The molecule has 0 aliphatic rings. The molecule has 3 aromatic rings. The van der Waals surface area contributed by atoms with Crippen LogP contribution in [-0.2, 0) is 5.88 Å². The summed E-state index contributed by atoms with van der Waals surface area (Å²) in [4.78, 5) is 16.8. The van der Waals surface area contributed by atoms with Crippen molar-refractivity contribution in [3.63, 3.8) is 0 Å². The number of carbonyl (C=O) groups is 1. The molecule has 0 saturated heterocycles. The lowest BCUT2D eigenvalue weighted by molar-refractivity contribution is 0.102. The van der Waals surface area contributed by atoms with E-state index >= 15 is 0 Å². The first kappa shape index (κ1) is 13.6. The van der Waals surface area contributed by atoms with Crippen molar-refractivity contribution < 1.29 is 4.79 Å². The van der Waals surface area contributed by atoms with Gasteiger partial charge in [-0.3, -0.25) is 9.78 Å². The predicted molar refractivity (Wildman–Crippen MR) is 85.7 cm³/mol. The third-order valence-corrected chi connectivity index (χ3v) is 3.57. The van der Waals surface area contributed by atoms with Crippen LogP contribution in [0.3, 0.4) is 0 Å². The summed E-state index contributed by atoms with van der Waals surface area (Å²) in [7, 11) is 0. The summed E-state index contributed by atoms with van der Waals surface area (Å²) in [6, 6.07) is 16.9. The fourth-order valence-corrected chi connectivity index (χ4v) is 2.47. The van der Waals surface area contributed by atoms with Crippen molar-refractivity contribution in [1.82, 2.24) is 4.98 Å². The number of nitrogens with zero attached hydrogens (tertiary/aromatic N) is 1. The zero-order valence-corrected chi connectivity index (χ0v) is 12.0. The average Bonchev–Trinajstić information content (AvgIpc) is 2.54. The quantitative estimate of drug-likeness (QED) is 0.735. The number of hydrogen-bond donors (Lipinski definition) is 1. The van der Waals surface area contributed by atoms with Crippen LogP contribution < -0.4 is 5.32 Å². The van der Waals surface area contributed by atoms with Gasteiger partial charge < -0.3 is 5.32 Å². The Kier molecular flexibility index (Phi) is 3.84. The molecule has 1 aromatic heterocycles. The molecule has 0 radical (unpaired) electrons. The molecule has 0 spiro atoms. The van der Waals surface area contributed by atoms with Crippen LogP contribution >= 0.6 is 11.6 Å². The van der Waals surface area contributed by atoms with Gasteiger partial charge in [-0.25, -0.2) is 0 Å². The van der Waals surface area contributed by atoms with E-state index in [0.29, 0.717) is 17.0 Å². The molecule has 2 aromatic carbocycles. The molecular formula is C17H13ClN2O. The second kappa shape index (κ2) is 5.94. The van der Waals surface area contributed by atoms with E-state index < -0.39 is 0 Å². The maximum Gasteiger partial charge on any atom is 0.257 e. The van der Waals surface area contributed by atoms with E-state index in [1.54, 1.807) is 12.3 Å². The maximum absolute atomic E-state index is 12.5. The Hall–Kier alpha value is -2.39. The number of rotatable bonds is 3. The molecule has 21 heavy (non-hydrogen) atoms. The SMILES string of the molecule is O=C(Nc1ccccc1CCl)c1cccc2cccnc12. The van der Waals surface area contributed by atoms with Crippen molar-refractivity contribution in [2.45, 2.75) is 5.88 Å². The third kappa shape index (κ3) is 2.73. The number of pyridine rings is 1. The molecule has 0 unspecified atom stereocenters. The minimum absolute atomic E-state index is 0.183. The summed E-state index contributed by atoms with van der Waals surface area (Å²) in [6.45, 7) is 0. The van der Waals surface area contributed by atoms with Crippen LogP contribution in [0.15, 0.2) is 60.8 Å². The van der Waals surface area contributed by atoms with Gasteiger partial charge in [0.1, 0.15) is 0 Å². The maximum atomic E-state index is 12.5. The van der Waals surface area contributed by atoms with Crippen LogP contribution in [0.1, 0.15) is 15.9 Å². The summed E-state index contributed by atoms with van der Waals surface area (Å²) in [5.74, 6) is 0.168. The van der Waals surface area contributed by atoms with E-state index in [4.69, 9.17) is 11.6 Å². The number of aromatic nitrogens is 1. The van der Waals surface area contributed by atoms with Crippen molar-refractivity contribution in [3.05, 3.63) is 71.9 Å². The Morgan fingerprint density at radius 3 is 2.71 bits per heavy atom. The lowest BCUT2D eigenvalue weighted by Gasteiger charge is -2.10. The summed E-state index contributed by atoms with van der Waals surface area (Å²) in [5.41, 5.74) is 2.87. The van der Waals surface area contributed by atoms with E-state index in [1.807, 2.05) is 48.5 Å². The van der Waals surface area contributed by atoms with Crippen LogP contribution in [0.25, 0.3) is 10.9 Å². The first-order chi connectivity index (χ1) is 10.3. The Morgan fingerprint density at radius 1 is 1.05 bits per heavy atom. The fraction of sp³-hybridized carbons (Fsp3) is 0.0588. The number of carbonyl (C=O) groups excluding carboxylic acids is 1. The molecule has 3 nitrogen and oxygen atoms in total. The van der Waals surface area contributed by atoms with Gasteiger partial charge in [-0.2, -0.15) is 0 Å². The lowest BCUT2D eigenvalue weighted by Crippen LogP contribution is -2.13. The highest BCUT2D eigenvalue weighted by atomic mass is 35.5. The highest BCUT2D eigenvalue weighted by Gasteiger charge is 2.12. The molecule has 4 heteroatoms. The molecule has 0 atom stereocenters. The number of benzene rings is 2. The predicted octanol–water partition coefficient (Wildman–Crippen LogP) is 4.23. The van der Waals surface area contributed by atoms with Crippen LogP contribution in [-0.4, -0.2) is 10.9 Å². The molecule has 104 valence electrons. The van der Waals surface area contributed by atoms with Crippen molar-refractivity contribution >= 4 is 34.1 Å². The molecule has 0 bridgehead atoms. The number of nitrogens with one attached hydrogen (secondary N) is 1. The van der Waals surface area contributed by atoms with E-state index in [1.165, 1.54) is 0 Å². The smallest absolute Gasteiger partial charge is 0.257 e. The molecule has 1 heterocycles. The molecule has 0 aliphatic heterocycles. The number of para-hydroxylation sites is 2. The number of hydrogen-bond acceptors (Lipinski definition) is 2. The average molecular weight is 297 g/mol. The normalized spacial score (nSPS) is 10.5. The lowest BCUT2D eigenvalue weighted by atomic mass is 10.1. The molecule has 0 saturated carbocycles. The van der Waals surface area contributed by atoms with Gasteiger partial charge in [0.05, 0.1) is 11.1 Å². The molecule has 1 amide bonds. The van der Waals surface area contributed by atoms with Crippen molar-refractivity contribution in [3.8, 4) is 0 Å². The second-order valence-corrected chi connectivity index (χ2v) is 4.89. The topological polar surface area (TPSA) is 42.0 Å². The van der Waals surface area contributed by atoms with E-state index in [0.717, 1.165) is 16.6 Å². The van der Waals surface area contributed by atoms with Gasteiger partial charge in [-0.15, -0.1) is 11.6 Å². The van der Waals surface area contributed by atoms with Gasteiger partial charge >= 0.3 is 0 Å². The van der Waals surface area contributed by atoms with Gasteiger partial charge in [0.25, 0.3) is 5.91 Å². The van der Waals surface area contributed by atoms with E-state index in [-0.39, 0.29) is 5.91 Å². The zero-order chi connectivity index (χ0) is 14.7. The van der Waals surface area contributed by atoms with Crippen LogP contribution in [0, 0.1) is 0 Å². The molecule has 0 aliphatic carbocycles. The highest BCUT2D eigenvalue weighted by molar-refractivity contribution is 6.18. The third-order valence-electron chi connectivity index (χ3n) is 3.29. The van der Waals surface area contributed by atoms with E-state index in [2.05, 4.69) is 10.3 Å². The Morgan fingerprint density at radius 2 is 1.86 bits per heavy atom. The van der Waals surface area contributed by atoms with Gasteiger partial charge in [0.15, 0.2) is 0 Å². The first-order valence-corrected chi connectivity index (χ1v) is 7.12. The van der Waals surface area contributed by atoms with E-state index in [9.17, 15) is 4.79 Å². The van der Waals surface area contributed by atoms with Gasteiger partial charge in [0, 0.05) is 23.2 Å². The summed E-state index contributed by atoms with van der Waals surface area (Å²) in [6.07, 6.45) is 1.69. The Balaban J connectivity index is 1.98. The first-order valence-electron chi connectivity index (χ1n) is 6.58. The van der Waals surface area contributed by atoms with Crippen molar-refractivity contribution in [1.29, 1.82) is 0 Å². The monoisotopic (exact) mass is 296 g/mol. The fourth-order valence-electron chi connectivity index (χ4n) is 2.24. The molecule has 0 fully saturated rings. The number of anilines is 1. The number of halogens is 1. The highest BCUT2D eigenvalue weighted by Crippen LogP contribution is 2.20. The zero-order valence-electron chi connectivity index (χ0n) is 11.2. The second-order valence-electron chi connectivity index (χ2n) is 4.63. The summed E-state index contributed by atoms with van der Waals surface area (Å²) >= 11 is 5.89. The number of amides is 1. The van der Waals surface area contributed by atoms with Gasteiger partial charge in [-0.05, 0) is 23.8 Å². The van der Waals surface area contributed by atoms with Gasteiger partial charge in [0.2, 0.25) is 0 Å². The van der Waals surface area contributed by atoms with Crippen LogP contribution in [0.4, 0.5) is 5.69 Å². The standard InChI is InChI=1S/C17H13ClN2O/c18-11-13-5-1-2-9-15(13)20-17(21)14-8-3-6-12-7-4-10-19-16(12)14/h1-10H,11H2,(H,20,21). The Labute approximate surface area is 127 Å². The number of fused-ring (bicyclic) bond motifs is 1. The van der Waals surface area contributed by atoms with Crippen molar-refractivity contribution in [2.75, 3.05) is 5.32 Å². The van der Waals surface area contributed by atoms with Crippen molar-refractivity contribution in [2.24, 2.45) is 0 Å². The number of alkyl halides is 1. The summed E-state index contributed by atoms with van der Waals surface area (Å²) < 4.78 is 0. The van der Waals surface area contributed by atoms with Crippen LogP contribution in [0.5, 0.6) is 0 Å². The molecular weight excluding hydrogens is 284 g/mol. The minimum Gasteiger partial charge on any atom is -0.322 e. The largest absolute Gasteiger partial charge is 0.322 e. The molecule has 1 N–H and O–H groups in total.